The first-order valence-corrected chi connectivity index (χ1v) is 6.88. The van der Waals surface area contributed by atoms with Gasteiger partial charge >= 0.3 is 6.03 Å². The van der Waals surface area contributed by atoms with Gasteiger partial charge in [-0.1, -0.05) is 54.9 Å². The van der Waals surface area contributed by atoms with E-state index in [2.05, 4.69) is 29.7 Å². The van der Waals surface area contributed by atoms with Gasteiger partial charge in [0.1, 0.15) is 0 Å². The fourth-order valence-corrected chi connectivity index (χ4v) is 2.08. The minimum atomic E-state index is -0.227. The average Bonchev–Trinajstić information content (AvgIpc) is 2.46. The van der Waals surface area contributed by atoms with Crippen LogP contribution in [-0.4, -0.2) is 12.6 Å². The molecule has 0 saturated heterocycles. The van der Waals surface area contributed by atoms with Crippen LogP contribution in [0.5, 0.6) is 0 Å². The lowest BCUT2D eigenvalue weighted by Gasteiger charge is -2.13. The number of anilines is 1. The summed E-state index contributed by atoms with van der Waals surface area (Å²) in [7, 11) is 0. The van der Waals surface area contributed by atoms with Crippen LogP contribution in [0.1, 0.15) is 18.4 Å². The molecule has 2 aromatic carbocycles. The van der Waals surface area contributed by atoms with Gasteiger partial charge in [0.25, 0.3) is 0 Å². The Morgan fingerprint density at radius 1 is 1.15 bits per heavy atom. The number of halogens is 1. The van der Waals surface area contributed by atoms with Crippen molar-refractivity contribution >= 4 is 23.3 Å². The van der Waals surface area contributed by atoms with E-state index in [0.29, 0.717) is 17.3 Å². The van der Waals surface area contributed by atoms with Crippen molar-refractivity contribution in [1.29, 1.82) is 0 Å². The highest BCUT2D eigenvalue weighted by atomic mass is 35.5. The molecular formula is C16H17ClN2O. The molecule has 0 aliphatic carbocycles. The van der Waals surface area contributed by atoms with Crippen molar-refractivity contribution in [2.75, 3.05) is 11.9 Å². The number of carbonyl (C=O) groups excluding carboxylic acids is 1. The summed E-state index contributed by atoms with van der Waals surface area (Å²) < 4.78 is 0. The monoisotopic (exact) mass is 288 g/mol. The summed E-state index contributed by atoms with van der Waals surface area (Å²) in [4.78, 5) is 11.8. The first kappa shape index (κ1) is 14.4. The average molecular weight is 289 g/mol. The summed E-state index contributed by atoms with van der Waals surface area (Å²) >= 11 is 5.86. The zero-order valence-corrected chi connectivity index (χ0v) is 12.0. The van der Waals surface area contributed by atoms with E-state index in [1.165, 1.54) is 5.56 Å². The number of urea groups is 1. The fraction of sp³-hybridized carbons (Fsp3) is 0.188. The van der Waals surface area contributed by atoms with Gasteiger partial charge in [-0.2, -0.15) is 0 Å². The molecule has 0 aromatic heterocycles. The molecule has 20 heavy (non-hydrogen) atoms. The smallest absolute Gasteiger partial charge is 0.319 e. The third kappa shape index (κ3) is 4.28. The fourth-order valence-electron chi connectivity index (χ4n) is 1.89. The molecule has 0 bridgehead atoms. The maximum Gasteiger partial charge on any atom is 0.319 e. The number of amides is 2. The van der Waals surface area contributed by atoms with E-state index in [4.69, 9.17) is 11.6 Å². The van der Waals surface area contributed by atoms with Crippen LogP contribution in [0.3, 0.4) is 0 Å². The van der Waals surface area contributed by atoms with E-state index in [1.54, 1.807) is 24.3 Å². The standard InChI is InChI=1S/C16H17ClN2O/c1-12(13-6-3-2-4-7-13)11-18-16(20)19-15-9-5-8-14(17)10-15/h2-10,12H,11H2,1H3,(H2,18,19,20). The molecule has 2 amide bonds. The van der Waals surface area contributed by atoms with Gasteiger partial charge in [0.05, 0.1) is 0 Å². The van der Waals surface area contributed by atoms with Crippen LogP contribution in [0.25, 0.3) is 0 Å². The highest BCUT2D eigenvalue weighted by molar-refractivity contribution is 6.30. The second-order valence-electron chi connectivity index (χ2n) is 4.66. The van der Waals surface area contributed by atoms with Gasteiger partial charge in [-0.15, -0.1) is 0 Å². The maximum atomic E-state index is 11.8. The quantitative estimate of drug-likeness (QED) is 0.867. The number of rotatable bonds is 4. The third-order valence-corrected chi connectivity index (χ3v) is 3.25. The second kappa shape index (κ2) is 6.96. The lowest BCUT2D eigenvalue weighted by atomic mass is 10.0. The Bertz CT molecular complexity index is 572. The van der Waals surface area contributed by atoms with Gasteiger partial charge in [-0.3, -0.25) is 0 Å². The number of nitrogens with one attached hydrogen (secondary N) is 2. The van der Waals surface area contributed by atoms with E-state index in [0.717, 1.165) is 0 Å². The van der Waals surface area contributed by atoms with Crippen molar-refractivity contribution in [3.63, 3.8) is 0 Å². The largest absolute Gasteiger partial charge is 0.337 e. The Balaban J connectivity index is 1.83. The predicted octanol–water partition coefficient (Wildman–Crippen LogP) is 4.27. The van der Waals surface area contributed by atoms with Crippen LogP contribution in [0.4, 0.5) is 10.5 Å². The first-order valence-electron chi connectivity index (χ1n) is 6.50. The van der Waals surface area contributed by atoms with Crippen LogP contribution in [-0.2, 0) is 0 Å². The lowest BCUT2D eigenvalue weighted by molar-refractivity contribution is 0.251. The number of hydrogen-bond donors (Lipinski definition) is 2. The molecule has 4 heteroatoms. The van der Waals surface area contributed by atoms with E-state index in [9.17, 15) is 4.79 Å². The van der Waals surface area contributed by atoms with Gasteiger partial charge in [0.15, 0.2) is 0 Å². The summed E-state index contributed by atoms with van der Waals surface area (Å²) in [6.45, 7) is 2.66. The summed E-state index contributed by atoms with van der Waals surface area (Å²) in [6, 6.07) is 16.9. The Hall–Kier alpha value is -2.00. The molecule has 3 nitrogen and oxygen atoms in total. The number of hydrogen-bond acceptors (Lipinski definition) is 1. The predicted molar refractivity (Wildman–Crippen MR) is 83.3 cm³/mol. The molecule has 0 aliphatic rings. The molecule has 0 aliphatic heterocycles. The molecule has 2 N–H and O–H groups in total. The molecule has 1 atom stereocenters. The molecule has 104 valence electrons. The normalized spacial score (nSPS) is 11.7. The summed E-state index contributed by atoms with van der Waals surface area (Å²) in [5, 5.41) is 6.21. The van der Waals surface area contributed by atoms with Crippen molar-refractivity contribution in [1.82, 2.24) is 5.32 Å². The summed E-state index contributed by atoms with van der Waals surface area (Å²) in [5.41, 5.74) is 1.89. The summed E-state index contributed by atoms with van der Waals surface area (Å²) in [5.74, 6) is 0.265. The van der Waals surface area contributed by atoms with E-state index in [1.807, 2.05) is 18.2 Å². The molecule has 2 aromatic rings. The molecular weight excluding hydrogens is 272 g/mol. The summed E-state index contributed by atoms with van der Waals surface area (Å²) in [6.07, 6.45) is 0. The lowest BCUT2D eigenvalue weighted by Crippen LogP contribution is -2.31. The van der Waals surface area contributed by atoms with Crippen LogP contribution in [0.2, 0.25) is 5.02 Å². The molecule has 0 saturated carbocycles. The van der Waals surface area contributed by atoms with Crippen molar-refractivity contribution in [2.24, 2.45) is 0 Å². The van der Waals surface area contributed by atoms with Crippen molar-refractivity contribution in [2.45, 2.75) is 12.8 Å². The molecule has 0 spiro atoms. The van der Waals surface area contributed by atoms with Gasteiger partial charge in [-0.25, -0.2) is 4.79 Å². The second-order valence-corrected chi connectivity index (χ2v) is 5.09. The van der Waals surface area contributed by atoms with E-state index in [-0.39, 0.29) is 11.9 Å². The molecule has 0 heterocycles. The molecule has 0 fully saturated rings. The SMILES string of the molecule is CC(CNC(=O)Nc1cccc(Cl)c1)c1ccccc1. The third-order valence-electron chi connectivity index (χ3n) is 3.02. The first-order chi connectivity index (χ1) is 9.65. The molecule has 1 unspecified atom stereocenters. The highest BCUT2D eigenvalue weighted by Gasteiger charge is 2.07. The number of benzene rings is 2. The topological polar surface area (TPSA) is 41.1 Å². The maximum absolute atomic E-state index is 11.8. The van der Waals surface area contributed by atoms with Crippen LogP contribution in [0, 0.1) is 0 Å². The van der Waals surface area contributed by atoms with Gasteiger partial charge in [0, 0.05) is 17.3 Å². The minimum Gasteiger partial charge on any atom is -0.337 e. The molecule has 2 rings (SSSR count). The zero-order chi connectivity index (χ0) is 14.4. The van der Waals surface area contributed by atoms with Gasteiger partial charge in [-0.05, 0) is 29.7 Å². The van der Waals surface area contributed by atoms with Gasteiger partial charge < -0.3 is 10.6 Å². The zero-order valence-electron chi connectivity index (χ0n) is 11.3. The Morgan fingerprint density at radius 3 is 2.60 bits per heavy atom. The van der Waals surface area contributed by atoms with E-state index < -0.39 is 0 Å². The Morgan fingerprint density at radius 2 is 1.90 bits per heavy atom. The molecule has 0 radical (unpaired) electrons. The minimum absolute atomic E-state index is 0.227. The Labute approximate surface area is 124 Å². The van der Waals surface area contributed by atoms with Gasteiger partial charge in [0.2, 0.25) is 0 Å². The van der Waals surface area contributed by atoms with Crippen molar-refractivity contribution in [3.8, 4) is 0 Å². The van der Waals surface area contributed by atoms with Crippen LogP contribution < -0.4 is 10.6 Å². The Kier molecular flexibility index (Phi) is 5.02. The van der Waals surface area contributed by atoms with Crippen LogP contribution >= 0.6 is 11.6 Å². The van der Waals surface area contributed by atoms with Crippen LogP contribution in [0.15, 0.2) is 54.6 Å². The van der Waals surface area contributed by atoms with Crippen molar-refractivity contribution in [3.05, 3.63) is 65.2 Å². The number of carbonyl (C=O) groups is 1. The van der Waals surface area contributed by atoms with Crippen molar-refractivity contribution < 1.29 is 4.79 Å². The van der Waals surface area contributed by atoms with E-state index >= 15 is 0 Å². The highest BCUT2D eigenvalue weighted by Crippen LogP contribution is 2.15.